The van der Waals surface area contributed by atoms with Gasteiger partial charge in [0, 0.05) is 24.4 Å². The molecule has 0 bridgehead atoms. The van der Waals surface area contributed by atoms with Crippen molar-refractivity contribution in [3.8, 4) is 0 Å². The molecule has 1 atom stereocenters. The Morgan fingerprint density at radius 2 is 1.81 bits per heavy atom. The number of piperidine rings is 1. The van der Waals surface area contributed by atoms with Crippen molar-refractivity contribution in [1.82, 2.24) is 4.31 Å². The van der Waals surface area contributed by atoms with Crippen LogP contribution in [0.4, 0.5) is 18.9 Å². The van der Waals surface area contributed by atoms with Gasteiger partial charge in [-0.2, -0.15) is 13.2 Å². The Hall–Kier alpha value is -2.19. The molecule has 168 valence electrons. The van der Waals surface area contributed by atoms with Crippen molar-refractivity contribution in [2.75, 3.05) is 17.9 Å². The van der Waals surface area contributed by atoms with E-state index in [2.05, 4.69) is 16.9 Å². The molecular weight excluding hydrogens is 425 g/mol. The number of hydrogen-bond acceptors (Lipinski definition) is 5. The molecule has 0 spiro atoms. The predicted octanol–water partition coefficient (Wildman–Crippen LogP) is 6.10. The fraction of sp³-hybridized carbons (Fsp3) is 0.435. The van der Waals surface area contributed by atoms with E-state index in [-0.39, 0.29) is 12.0 Å². The summed E-state index contributed by atoms with van der Waals surface area (Å²) in [4.78, 5) is 12.6. The molecule has 2 aromatic carbocycles. The number of nitrogens with zero attached hydrogens (tertiary/aromatic N) is 1. The minimum atomic E-state index is -4.35. The van der Waals surface area contributed by atoms with Gasteiger partial charge in [0.25, 0.3) is 0 Å². The standard InChI is InChI=1S/C23H27F3N2O2S/c24-23(25,26)19-12-14-20(15-13-19)27-31-28-16-6-4-11-21(28)22(29)30-17-7-5-10-18-8-2-1-3-9-18/h1-3,8-9,12-15,21,27H,4-7,10-11,16-17H2/t21-/m0/s1. The summed E-state index contributed by atoms with van der Waals surface area (Å²) in [6, 6.07) is 14.7. The number of alkyl halides is 3. The second kappa shape index (κ2) is 11.4. The smallest absolute Gasteiger partial charge is 0.416 e. The van der Waals surface area contributed by atoms with Gasteiger partial charge in [-0.15, -0.1) is 0 Å². The lowest BCUT2D eigenvalue weighted by Crippen LogP contribution is -2.42. The van der Waals surface area contributed by atoms with Crippen LogP contribution in [-0.2, 0) is 22.1 Å². The first-order valence-corrected chi connectivity index (χ1v) is 11.3. The van der Waals surface area contributed by atoms with E-state index in [9.17, 15) is 18.0 Å². The molecule has 0 aromatic heterocycles. The molecular formula is C23H27F3N2O2S. The topological polar surface area (TPSA) is 41.6 Å². The Kier molecular flexibility index (Phi) is 8.66. The van der Waals surface area contributed by atoms with E-state index in [1.165, 1.54) is 29.8 Å². The molecule has 0 amide bonds. The van der Waals surface area contributed by atoms with Gasteiger partial charge in [-0.05, 0) is 68.4 Å². The summed E-state index contributed by atoms with van der Waals surface area (Å²) in [5.41, 5.74) is 1.14. The second-order valence-electron chi connectivity index (χ2n) is 7.53. The number of nitrogens with one attached hydrogen (secondary N) is 1. The Morgan fingerprint density at radius 3 is 2.52 bits per heavy atom. The van der Waals surface area contributed by atoms with Crippen molar-refractivity contribution in [2.24, 2.45) is 0 Å². The number of ether oxygens (including phenoxy) is 1. The van der Waals surface area contributed by atoms with Crippen LogP contribution >= 0.6 is 12.1 Å². The summed E-state index contributed by atoms with van der Waals surface area (Å²) in [5, 5.41) is 0. The Labute approximate surface area is 185 Å². The monoisotopic (exact) mass is 452 g/mol. The van der Waals surface area contributed by atoms with Crippen molar-refractivity contribution in [1.29, 1.82) is 0 Å². The average molecular weight is 453 g/mol. The summed E-state index contributed by atoms with van der Waals surface area (Å²) in [6.45, 7) is 1.11. The second-order valence-corrected chi connectivity index (χ2v) is 8.39. The van der Waals surface area contributed by atoms with Crippen LogP contribution in [0.15, 0.2) is 54.6 Å². The molecule has 8 heteroatoms. The number of rotatable bonds is 9. The minimum Gasteiger partial charge on any atom is -0.464 e. The first kappa shape index (κ1) is 23.5. The number of esters is 1. The molecule has 1 fully saturated rings. The highest BCUT2D eigenvalue weighted by molar-refractivity contribution is 7.98. The SMILES string of the molecule is O=C(OCCCCc1ccccc1)[C@@H]1CCCCN1SNc1ccc(C(F)(F)F)cc1. The molecule has 1 saturated heterocycles. The van der Waals surface area contributed by atoms with E-state index in [0.29, 0.717) is 25.3 Å². The van der Waals surface area contributed by atoms with E-state index >= 15 is 0 Å². The first-order chi connectivity index (χ1) is 14.9. The Bertz CT molecular complexity index is 816. The number of aryl methyl sites for hydroxylation is 1. The predicted molar refractivity (Wildman–Crippen MR) is 117 cm³/mol. The molecule has 0 radical (unpaired) electrons. The lowest BCUT2D eigenvalue weighted by molar-refractivity contribution is -0.149. The van der Waals surface area contributed by atoms with Crippen molar-refractivity contribution in [3.63, 3.8) is 0 Å². The van der Waals surface area contributed by atoms with Crippen LogP contribution in [0.3, 0.4) is 0 Å². The summed E-state index contributed by atoms with van der Waals surface area (Å²) >= 11 is 1.24. The largest absolute Gasteiger partial charge is 0.464 e. The maximum absolute atomic E-state index is 12.7. The number of benzene rings is 2. The van der Waals surface area contributed by atoms with E-state index in [0.717, 1.165) is 44.2 Å². The van der Waals surface area contributed by atoms with Crippen LogP contribution < -0.4 is 4.72 Å². The molecule has 0 saturated carbocycles. The van der Waals surface area contributed by atoms with Gasteiger partial charge in [0.15, 0.2) is 0 Å². The molecule has 3 rings (SSSR count). The highest BCUT2D eigenvalue weighted by Gasteiger charge is 2.31. The van der Waals surface area contributed by atoms with Crippen molar-refractivity contribution in [2.45, 2.75) is 50.7 Å². The zero-order valence-electron chi connectivity index (χ0n) is 17.2. The van der Waals surface area contributed by atoms with Crippen LogP contribution in [0.25, 0.3) is 0 Å². The molecule has 0 aliphatic carbocycles. The normalized spacial score (nSPS) is 17.3. The zero-order chi connectivity index (χ0) is 22.1. The van der Waals surface area contributed by atoms with Crippen molar-refractivity contribution in [3.05, 3.63) is 65.7 Å². The van der Waals surface area contributed by atoms with Gasteiger partial charge in [-0.1, -0.05) is 30.3 Å². The van der Waals surface area contributed by atoms with Crippen molar-refractivity contribution >= 4 is 23.8 Å². The quantitative estimate of drug-likeness (QED) is 0.283. The number of carbonyl (C=O) groups excluding carboxylic acids is 1. The average Bonchev–Trinajstić information content (AvgIpc) is 2.78. The third-order valence-corrected chi connectivity index (χ3v) is 6.16. The van der Waals surface area contributed by atoms with Crippen LogP contribution in [0.5, 0.6) is 0 Å². The molecule has 1 aliphatic heterocycles. The molecule has 2 aromatic rings. The molecule has 1 heterocycles. The molecule has 4 nitrogen and oxygen atoms in total. The lowest BCUT2D eigenvalue weighted by Gasteiger charge is -2.32. The third kappa shape index (κ3) is 7.47. The number of hydrogen-bond donors (Lipinski definition) is 1. The van der Waals surface area contributed by atoms with E-state index in [1.54, 1.807) is 0 Å². The van der Waals surface area contributed by atoms with Gasteiger partial charge in [0.2, 0.25) is 0 Å². The van der Waals surface area contributed by atoms with Gasteiger partial charge >= 0.3 is 12.1 Å². The molecule has 1 aliphatic rings. The Morgan fingerprint density at radius 1 is 1.06 bits per heavy atom. The van der Waals surface area contributed by atoms with Gasteiger partial charge < -0.3 is 9.46 Å². The van der Waals surface area contributed by atoms with Crippen LogP contribution in [0.1, 0.15) is 43.2 Å². The maximum Gasteiger partial charge on any atom is 0.416 e. The molecule has 31 heavy (non-hydrogen) atoms. The number of anilines is 1. The highest BCUT2D eigenvalue weighted by Crippen LogP contribution is 2.31. The van der Waals surface area contributed by atoms with Gasteiger partial charge in [-0.25, -0.2) is 4.31 Å². The lowest BCUT2D eigenvalue weighted by atomic mass is 10.1. The summed E-state index contributed by atoms with van der Waals surface area (Å²) in [5.74, 6) is -0.235. The number of unbranched alkanes of at least 4 members (excludes halogenated alkanes) is 1. The van der Waals surface area contributed by atoms with Crippen LogP contribution in [0, 0.1) is 0 Å². The Balaban J connectivity index is 1.42. The van der Waals surface area contributed by atoms with E-state index in [1.807, 2.05) is 22.5 Å². The van der Waals surface area contributed by atoms with E-state index in [4.69, 9.17) is 4.74 Å². The van der Waals surface area contributed by atoms with E-state index < -0.39 is 11.7 Å². The van der Waals surface area contributed by atoms with Crippen LogP contribution in [0.2, 0.25) is 0 Å². The van der Waals surface area contributed by atoms with Crippen molar-refractivity contribution < 1.29 is 22.7 Å². The number of carbonyl (C=O) groups is 1. The summed E-state index contributed by atoms with van der Waals surface area (Å²) in [6.07, 6.45) is 0.994. The zero-order valence-corrected chi connectivity index (χ0v) is 18.1. The fourth-order valence-corrected chi connectivity index (χ4v) is 4.33. The summed E-state index contributed by atoms with van der Waals surface area (Å²) < 4.78 is 48.5. The van der Waals surface area contributed by atoms with Gasteiger partial charge in [-0.3, -0.25) is 4.79 Å². The fourth-order valence-electron chi connectivity index (χ4n) is 3.43. The van der Waals surface area contributed by atoms with Crippen LogP contribution in [-0.4, -0.2) is 29.5 Å². The first-order valence-electron chi connectivity index (χ1n) is 10.5. The van der Waals surface area contributed by atoms with Gasteiger partial charge in [0.1, 0.15) is 6.04 Å². The highest BCUT2D eigenvalue weighted by atomic mass is 32.2. The minimum absolute atomic E-state index is 0.235. The molecule has 0 unspecified atom stereocenters. The molecule has 1 N–H and O–H groups in total. The maximum atomic E-state index is 12.7. The summed E-state index contributed by atoms with van der Waals surface area (Å²) in [7, 11) is 0. The third-order valence-electron chi connectivity index (χ3n) is 5.17. The van der Waals surface area contributed by atoms with Gasteiger partial charge in [0.05, 0.1) is 12.2 Å². The number of halogens is 3.